The molecule has 0 fully saturated rings. The van der Waals surface area contributed by atoms with Gasteiger partial charge in [0, 0.05) is 30.1 Å². The van der Waals surface area contributed by atoms with E-state index in [4.69, 9.17) is 0 Å². The van der Waals surface area contributed by atoms with Gasteiger partial charge in [0.25, 0.3) is 0 Å². The first-order valence-electron chi connectivity index (χ1n) is 6.62. The lowest BCUT2D eigenvalue weighted by Gasteiger charge is -2.09. The molecule has 1 atom stereocenters. The Kier molecular flexibility index (Phi) is 4.92. The number of amides is 1. The van der Waals surface area contributed by atoms with Crippen LogP contribution in [0.2, 0.25) is 0 Å². The number of aromatic nitrogens is 2. The molecule has 6 nitrogen and oxygen atoms in total. The number of aryl methyl sites for hydroxylation is 1. The molecular formula is C14H17N3O3S2. The quantitative estimate of drug-likeness (QED) is 0.901. The summed E-state index contributed by atoms with van der Waals surface area (Å²) in [7, 11) is -3.19. The molecule has 118 valence electrons. The number of pyridine rings is 1. The van der Waals surface area contributed by atoms with Crippen molar-refractivity contribution in [1.82, 2.24) is 9.97 Å². The van der Waals surface area contributed by atoms with Crippen molar-refractivity contribution in [3.05, 3.63) is 30.2 Å². The molecule has 0 spiro atoms. The zero-order valence-corrected chi connectivity index (χ0v) is 14.2. The van der Waals surface area contributed by atoms with Crippen molar-refractivity contribution >= 4 is 32.1 Å². The maximum absolute atomic E-state index is 12.1. The van der Waals surface area contributed by atoms with Crippen LogP contribution in [-0.2, 0) is 14.6 Å². The average molecular weight is 339 g/mol. The minimum absolute atomic E-state index is 0.174. The van der Waals surface area contributed by atoms with Gasteiger partial charge in [-0.1, -0.05) is 18.3 Å². The Balaban J connectivity index is 2.14. The lowest BCUT2D eigenvalue weighted by Crippen LogP contribution is -2.26. The maximum atomic E-state index is 12.1. The fourth-order valence-electron chi connectivity index (χ4n) is 1.89. The first-order chi connectivity index (χ1) is 10.3. The summed E-state index contributed by atoms with van der Waals surface area (Å²) >= 11 is 1.34. The Labute approximate surface area is 133 Å². The van der Waals surface area contributed by atoms with Crippen molar-refractivity contribution in [2.24, 2.45) is 5.92 Å². The van der Waals surface area contributed by atoms with Gasteiger partial charge in [-0.25, -0.2) is 13.4 Å². The number of anilines is 1. The predicted molar refractivity (Wildman–Crippen MR) is 87.6 cm³/mol. The number of hydrogen-bond donors (Lipinski definition) is 1. The van der Waals surface area contributed by atoms with Crippen molar-refractivity contribution in [1.29, 1.82) is 0 Å². The van der Waals surface area contributed by atoms with Crippen molar-refractivity contribution in [2.75, 3.05) is 17.3 Å². The second-order valence-electron chi connectivity index (χ2n) is 5.16. The molecule has 2 aromatic rings. The van der Waals surface area contributed by atoms with Gasteiger partial charge < -0.3 is 5.32 Å². The van der Waals surface area contributed by atoms with E-state index in [-0.39, 0.29) is 11.7 Å². The molecule has 1 unspecified atom stereocenters. The Morgan fingerprint density at radius 1 is 1.45 bits per heavy atom. The molecule has 0 aliphatic rings. The summed E-state index contributed by atoms with van der Waals surface area (Å²) in [4.78, 5) is 20.5. The van der Waals surface area contributed by atoms with E-state index in [0.29, 0.717) is 10.7 Å². The highest BCUT2D eigenvalue weighted by molar-refractivity contribution is 7.90. The number of hydrogen-bond acceptors (Lipinski definition) is 6. The molecule has 2 heterocycles. The zero-order chi connectivity index (χ0) is 16.3. The van der Waals surface area contributed by atoms with E-state index in [1.54, 1.807) is 26.2 Å². The molecule has 0 aliphatic heterocycles. The molecule has 8 heteroatoms. The number of nitrogens with zero attached hydrogens (tertiary/aromatic N) is 2. The smallest absolute Gasteiger partial charge is 0.228 e. The van der Waals surface area contributed by atoms with Gasteiger partial charge in [-0.2, -0.15) is 0 Å². The lowest BCUT2D eigenvalue weighted by atomic mass is 10.2. The van der Waals surface area contributed by atoms with Gasteiger partial charge in [0.2, 0.25) is 5.91 Å². The maximum Gasteiger partial charge on any atom is 0.228 e. The van der Waals surface area contributed by atoms with Crippen LogP contribution in [0.5, 0.6) is 0 Å². The van der Waals surface area contributed by atoms with Gasteiger partial charge in [0.1, 0.15) is 19.8 Å². The number of carbonyl (C=O) groups excluding carboxylic acids is 1. The standard InChI is InChI=1S/C14H17N3O3S2/c1-9(8-22(3,19)20)12(18)17-13-10(2)16-14(21-13)11-5-4-6-15-7-11/h4-7,9H,8H2,1-3H3,(H,17,18). The van der Waals surface area contributed by atoms with Crippen LogP contribution in [0.3, 0.4) is 0 Å². The molecule has 2 aromatic heterocycles. The highest BCUT2D eigenvalue weighted by Crippen LogP contribution is 2.31. The fraction of sp³-hybridized carbons (Fsp3) is 0.357. The van der Waals surface area contributed by atoms with Gasteiger partial charge in [0.15, 0.2) is 0 Å². The molecule has 2 rings (SSSR count). The van der Waals surface area contributed by atoms with Crippen molar-refractivity contribution in [3.8, 4) is 10.6 Å². The number of sulfone groups is 1. The fourth-order valence-corrected chi connectivity index (χ4v) is 3.91. The number of nitrogens with one attached hydrogen (secondary N) is 1. The Morgan fingerprint density at radius 3 is 2.77 bits per heavy atom. The molecule has 0 aliphatic carbocycles. The van der Waals surface area contributed by atoms with Gasteiger partial charge in [0.05, 0.1) is 11.4 Å². The zero-order valence-electron chi connectivity index (χ0n) is 12.5. The van der Waals surface area contributed by atoms with E-state index in [9.17, 15) is 13.2 Å². The second-order valence-corrected chi connectivity index (χ2v) is 8.34. The third-order valence-electron chi connectivity index (χ3n) is 2.94. The number of rotatable bonds is 5. The van der Waals surface area contributed by atoms with Crippen LogP contribution in [0.4, 0.5) is 5.00 Å². The molecule has 0 bridgehead atoms. The van der Waals surface area contributed by atoms with E-state index in [1.165, 1.54) is 11.3 Å². The summed E-state index contributed by atoms with van der Waals surface area (Å²) in [6.07, 6.45) is 4.50. The van der Waals surface area contributed by atoms with Crippen LogP contribution in [0.25, 0.3) is 10.6 Å². The van der Waals surface area contributed by atoms with Gasteiger partial charge in [-0.05, 0) is 19.1 Å². The molecule has 0 aromatic carbocycles. The molecule has 0 saturated heterocycles. The summed E-state index contributed by atoms with van der Waals surface area (Å²) < 4.78 is 22.5. The summed E-state index contributed by atoms with van der Waals surface area (Å²) in [6.45, 7) is 3.39. The largest absolute Gasteiger partial charge is 0.316 e. The van der Waals surface area contributed by atoms with Crippen LogP contribution in [0, 0.1) is 12.8 Å². The molecular weight excluding hydrogens is 322 g/mol. The molecule has 1 N–H and O–H groups in total. The molecule has 22 heavy (non-hydrogen) atoms. The third kappa shape index (κ3) is 4.35. The predicted octanol–water partition coefficient (Wildman–Crippen LogP) is 2.13. The summed E-state index contributed by atoms with van der Waals surface area (Å²) in [5, 5.41) is 4.14. The van der Waals surface area contributed by atoms with E-state index in [2.05, 4.69) is 15.3 Å². The Morgan fingerprint density at radius 2 is 2.18 bits per heavy atom. The van der Waals surface area contributed by atoms with Crippen molar-refractivity contribution in [3.63, 3.8) is 0 Å². The minimum Gasteiger partial charge on any atom is -0.316 e. The second kappa shape index (κ2) is 6.53. The minimum atomic E-state index is -3.19. The van der Waals surface area contributed by atoms with Gasteiger partial charge in [-0.15, -0.1) is 0 Å². The molecule has 0 saturated carbocycles. The summed E-state index contributed by atoms with van der Waals surface area (Å²) in [5.41, 5.74) is 1.57. The van der Waals surface area contributed by atoms with Crippen molar-refractivity contribution in [2.45, 2.75) is 13.8 Å². The lowest BCUT2D eigenvalue weighted by molar-refractivity contribution is -0.118. The van der Waals surface area contributed by atoms with Crippen LogP contribution < -0.4 is 5.32 Å². The average Bonchev–Trinajstić information content (AvgIpc) is 2.79. The van der Waals surface area contributed by atoms with Crippen molar-refractivity contribution < 1.29 is 13.2 Å². The van der Waals surface area contributed by atoms with Crippen LogP contribution in [0.15, 0.2) is 24.5 Å². The molecule has 0 radical (unpaired) electrons. The SMILES string of the molecule is Cc1nc(-c2cccnc2)sc1NC(=O)C(C)CS(C)(=O)=O. The van der Waals surface area contributed by atoms with Crippen LogP contribution in [0.1, 0.15) is 12.6 Å². The summed E-state index contributed by atoms with van der Waals surface area (Å²) in [6, 6.07) is 3.71. The Hall–Kier alpha value is -1.80. The highest BCUT2D eigenvalue weighted by atomic mass is 32.2. The molecule has 1 amide bonds. The monoisotopic (exact) mass is 339 g/mol. The number of carbonyl (C=O) groups is 1. The van der Waals surface area contributed by atoms with E-state index in [1.807, 2.05) is 12.1 Å². The first kappa shape index (κ1) is 16.6. The van der Waals surface area contributed by atoms with Gasteiger partial charge in [-0.3, -0.25) is 9.78 Å². The highest BCUT2D eigenvalue weighted by Gasteiger charge is 2.20. The topological polar surface area (TPSA) is 89.0 Å². The third-order valence-corrected chi connectivity index (χ3v) is 5.17. The van der Waals surface area contributed by atoms with Crippen LogP contribution in [-0.4, -0.2) is 36.3 Å². The normalized spacial score (nSPS) is 12.9. The van der Waals surface area contributed by atoms with E-state index in [0.717, 1.165) is 16.8 Å². The van der Waals surface area contributed by atoms with E-state index < -0.39 is 15.8 Å². The van der Waals surface area contributed by atoms with Crippen LogP contribution >= 0.6 is 11.3 Å². The number of thiazole rings is 1. The van der Waals surface area contributed by atoms with E-state index >= 15 is 0 Å². The first-order valence-corrected chi connectivity index (χ1v) is 9.50. The summed E-state index contributed by atoms with van der Waals surface area (Å²) in [5.74, 6) is -1.11. The Bertz CT molecular complexity index is 770. The van der Waals surface area contributed by atoms with Gasteiger partial charge >= 0.3 is 0 Å².